The SMILES string of the molecule is CCCN1CCC2(CC1)Oc1ccc(Br)cc1[C@H]1CC(c3ccccc3)=NN12. The van der Waals surface area contributed by atoms with Crippen LogP contribution in [-0.2, 0) is 0 Å². The second-order valence-corrected chi connectivity index (χ2v) is 8.96. The molecule has 5 heteroatoms. The number of piperidine rings is 1. The van der Waals surface area contributed by atoms with E-state index in [4.69, 9.17) is 9.84 Å². The fourth-order valence-electron chi connectivity index (χ4n) is 4.83. The summed E-state index contributed by atoms with van der Waals surface area (Å²) in [5.41, 5.74) is 3.29. The average molecular weight is 440 g/mol. The van der Waals surface area contributed by atoms with Crippen molar-refractivity contribution in [2.45, 2.75) is 44.4 Å². The number of hydrogen-bond acceptors (Lipinski definition) is 4. The Balaban J connectivity index is 1.53. The molecule has 3 heterocycles. The Morgan fingerprint density at radius 2 is 1.93 bits per heavy atom. The molecule has 2 aromatic carbocycles. The summed E-state index contributed by atoms with van der Waals surface area (Å²) in [7, 11) is 0. The minimum Gasteiger partial charge on any atom is -0.466 e. The first-order chi connectivity index (χ1) is 13.7. The molecule has 0 amide bonds. The Morgan fingerprint density at radius 3 is 2.68 bits per heavy atom. The van der Waals surface area contributed by atoms with Crippen LogP contribution in [0, 0.1) is 0 Å². The third-order valence-electron chi connectivity index (χ3n) is 6.24. The van der Waals surface area contributed by atoms with Crippen molar-refractivity contribution in [2.75, 3.05) is 19.6 Å². The Labute approximate surface area is 175 Å². The number of ether oxygens (including phenoxy) is 1. The number of fused-ring (bicyclic) bond motifs is 4. The van der Waals surface area contributed by atoms with E-state index >= 15 is 0 Å². The number of benzene rings is 2. The lowest BCUT2D eigenvalue weighted by Gasteiger charge is -2.51. The maximum absolute atomic E-state index is 6.71. The minimum absolute atomic E-state index is 0.245. The van der Waals surface area contributed by atoms with Gasteiger partial charge in [-0.2, -0.15) is 5.10 Å². The number of hydrazone groups is 1. The molecule has 0 bridgehead atoms. The lowest BCUT2D eigenvalue weighted by molar-refractivity contribution is -0.149. The summed E-state index contributed by atoms with van der Waals surface area (Å²) in [6.07, 6.45) is 4.11. The molecule has 2 aromatic rings. The van der Waals surface area contributed by atoms with Crippen molar-refractivity contribution in [3.8, 4) is 5.75 Å². The van der Waals surface area contributed by atoms with Crippen LogP contribution < -0.4 is 4.74 Å². The van der Waals surface area contributed by atoms with E-state index in [-0.39, 0.29) is 11.8 Å². The summed E-state index contributed by atoms with van der Waals surface area (Å²) in [6, 6.07) is 17.2. The first kappa shape index (κ1) is 18.2. The molecule has 28 heavy (non-hydrogen) atoms. The zero-order valence-electron chi connectivity index (χ0n) is 16.3. The van der Waals surface area contributed by atoms with Gasteiger partial charge in [0.25, 0.3) is 0 Å². The van der Waals surface area contributed by atoms with Crippen molar-refractivity contribution in [1.29, 1.82) is 0 Å². The largest absolute Gasteiger partial charge is 0.466 e. The van der Waals surface area contributed by atoms with Crippen molar-refractivity contribution < 1.29 is 4.74 Å². The van der Waals surface area contributed by atoms with E-state index < -0.39 is 0 Å². The third kappa shape index (κ3) is 3.05. The highest BCUT2D eigenvalue weighted by Crippen LogP contribution is 2.50. The third-order valence-corrected chi connectivity index (χ3v) is 6.74. The Morgan fingerprint density at radius 1 is 1.14 bits per heavy atom. The second-order valence-electron chi connectivity index (χ2n) is 8.05. The number of rotatable bonds is 3. The van der Waals surface area contributed by atoms with Crippen molar-refractivity contribution in [1.82, 2.24) is 9.91 Å². The molecular weight excluding hydrogens is 414 g/mol. The highest BCUT2D eigenvalue weighted by Gasteiger charge is 2.51. The van der Waals surface area contributed by atoms with Crippen LogP contribution in [0.15, 0.2) is 58.1 Å². The number of nitrogens with zero attached hydrogens (tertiary/aromatic N) is 3. The molecule has 0 aliphatic carbocycles. The standard InChI is InChI=1S/C23H26BrN3O/c1-2-12-26-13-10-23(11-14-26)27-21(19-15-18(24)8-9-22(19)28-23)16-20(25-27)17-6-4-3-5-7-17/h3-9,15,21H,2,10-14,16H2,1H3/t21-/m1/s1. The van der Waals surface area contributed by atoms with Crippen LogP contribution in [0.4, 0.5) is 0 Å². The molecular formula is C23H26BrN3O. The van der Waals surface area contributed by atoms with Gasteiger partial charge < -0.3 is 9.64 Å². The lowest BCUT2D eigenvalue weighted by atomic mass is 9.90. The van der Waals surface area contributed by atoms with Gasteiger partial charge in [0.05, 0.1) is 11.8 Å². The van der Waals surface area contributed by atoms with Crippen LogP contribution in [0.3, 0.4) is 0 Å². The van der Waals surface area contributed by atoms with E-state index in [9.17, 15) is 0 Å². The van der Waals surface area contributed by atoms with Gasteiger partial charge in [0.1, 0.15) is 5.75 Å². The minimum atomic E-state index is -0.327. The Hall–Kier alpha value is -1.85. The second kappa shape index (κ2) is 7.20. The van der Waals surface area contributed by atoms with Crippen LogP contribution >= 0.6 is 15.9 Å². The fourth-order valence-corrected chi connectivity index (χ4v) is 5.21. The summed E-state index contributed by atoms with van der Waals surface area (Å²) < 4.78 is 7.81. The predicted octanol–water partition coefficient (Wildman–Crippen LogP) is 5.19. The lowest BCUT2D eigenvalue weighted by Crippen LogP contribution is -2.59. The van der Waals surface area contributed by atoms with Crippen LogP contribution in [0.1, 0.15) is 49.8 Å². The highest BCUT2D eigenvalue weighted by molar-refractivity contribution is 9.10. The first-order valence-electron chi connectivity index (χ1n) is 10.3. The maximum atomic E-state index is 6.71. The van der Waals surface area contributed by atoms with E-state index in [0.29, 0.717) is 0 Å². The predicted molar refractivity (Wildman–Crippen MR) is 116 cm³/mol. The molecule has 0 N–H and O–H groups in total. The summed E-state index contributed by atoms with van der Waals surface area (Å²) in [6.45, 7) is 5.56. The molecule has 0 radical (unpaired) electrons. The molecule has 1 atom stereocenters. The van der Waals surface area contributed by atoms with E-state index in [1.54, 1.807) is 0 Å². The number of hydrogen-bond donors (Lipinski definition) is 0. The molecule has 0 saturated carbocycles. The smallest absolute Gasteiger partial charge is 0.200 e. The average Bonchev–Trinajstić information content (AvgIpc) is 3.18. The molecule has 3 aliphatic rings. The van der Waals surface area contributed by atoms with E-state index in [2.05, 4.69) is 81.3 Å². The molecule has 5 rings (SSSR count). The quantitative estimate of drug-likeness (QED) is 0.657. The highest BCUT2D eigenvalue weighted by atomic mass is 79.9. The number of likely N-dealkylation sites (tertiary alicyclic amines) is 1. The van der Waals surface area contributed by atoms with Gasteiger partial charge in [-0.15, -0.1) is 0 Å². The molecule has 0 unspecified atom stereocenters. The first-order valence-corrected chi connectivity index (χ1v) is 11.1. The normalized spacial score (nSPS) is 23.1. The molecule has 3 aliphatic heterocycles. The van der Waals surface area contributed by atoms with Gasteiger partial charge in [-0.05, 0) is 36.7 Å². The van der Waals surface area contributed by atoms with Crippen molar-refractivity contribution >= 4 is 21.6 Å². The summed E-state index contributed by atoms with van der Waals surface area (Å²) in [4.78, 5) is 2.55. The molecule has 4 nitrogen and oxygen atoms in total. The molecule has 146 valence electrons. The van der Waals surface area contributed by atoms with E-state index in [1.165, 1.54) is 24.1 Å². The monoisotopic (exact) mass is 439 g/mol. The van der Waals surface area contributed by atoms with Gasteiger partial charge in [-0.3, -0.25) is 0 Å². The number of halogens is 1. The molecule has 0 aromatic heterocycles. The fraction of sp³-hybridized carbons (Fsp3) is 0.435. The van der Waals surface area contributed by atoms with Crippen LogP contribution in [-0.4, -0.2) is 41.0 Å². The zero-order valence-corrected chi connectivity index (χ0v) is 17.9. The van der Waals surface area contributed by atoms with E-state index in [1.807, 2.05) is 0 Å². The topological polar surface area (TPSA) is 28.1 Å². The van der Waals surface area contributed by atoms with Crippen LogP contribution in [0.2, 0.25) is 0 Å². The Bertz CT molecular complexity index is 890. The summed E-state index contributed by atoms with van der Waals surface area (Å²) >= 11 is 3.64. The van der Waals surface area contributed by atoms with Crippen LogP contribution in [0.25, 0.3) is 0 Å². The molecule has 1 spiro atoms. The summed E-state index contributed by atoms with van der Waals surface area (Å²) in [5, 5.41) is 7.45. The van der Waals surface area contributed by atoms with Crippen LogP contribution in [0.5, 0.6) is 5.75 Å². The van der Waals surface area contributed by atoms with Gasteiger partial charge in [-0.1, -0.05) is 53.2 Å². The molecule has 1 saturated heterocycles. The van der Waals surface area contributed by atoms with E-state index in [0.717, 1.165) is 48.3 Å². The van der Waals surface area contributed by atoms with Crippen molar-refractivity contribution in [3.63, 3.8) is 0 Å². The van der Waals surface area contributed by atoms with Crippen molar-refractivity contribution in [3.05, 3.63) is 64.1 Å². The van der Waals surface area contributed by atoms with Crippen molar-refractivity contribution in [2.24, 2.45) is 5.10 Å². The Kier molecular flexibility index (Phi) is 4.68. The van der Waals surface area contributed by atoms with Gasteiger partial charge >= 0.3 is 0 Å². The van der Waals surface area contributed by atoms with Gasteiger partial charge in [0.15, 0.2) is 0 Å². The van der Waals surface area contributed by atoms with Gasteiger partial charge in [0, 0.05) is 42.4 Å². The summed E-state index contributed by atoms with van der Waals surface area (Å²) in [5.74, 6) is 1.03. The van der Waals surface area contributed by atoms with Gasteiger partial charge in [-0.25, -0.2) is 5.01 Å². The molecule has 1 fully saturated rings. The zero-order chi connectivity index (χ0) is 19.1. The maximum Gasteiger partial charge on any atom is 0.200 e. The van der Waals surface area contributed by atoms with Gasteiger partial charge in [0.2, 0.25) is 5.72 Å².